The Hall–Kier alpha value is -1.70. The van der Waals surface area contributed by atoms with E-state index in [1.165, 1.54) is 11.0 Å². The van der Waals surface area contributed by atoms with Gasteiger partial charge in [-0.05, 0) is 37.0 Å². The third-order valence-electron chi connectivity index (χ3n) is 4.20. The summed E-state index contributed by atoms with van der Waals surface area (Å²) in [7, 11) is -1.43. The molecule has 2 atom stereocenters. The van der Waals surface area contributed by atoms with Crippen LogP contribution in [0, 0.1) is 17.6 Å². The number of hydrogen-bond acceptors (Lipinski definition) is 3. The molecule has 1 saturated heterocycles. The Morgan fingerprint density at radius 3 is 2.65 bits per heavy atom. The first-order chi connectivity index (χ1) is 10.7. The van der Waals surface area contributed by atoms with Crippen LogP contribution in [0.15, 0.2) is 18.2 Å². The average Bonchev–Trinajstić information content (AvgIpc) is 2.85. The minimum Gasteiger partial charge on any atom is -0.338 e. The standard InChI is InChI=1S/C15H20F2N2O3S/c1-10(12-3-4-13(16)14(17)7-12)19(2)15(20)18-8-11-5-6-23(21,22)9-11/h3-4,7,10-11H,5-6,8-9H2,1-2H3,(H,18,20)/t10-,11+/m0/s1. The summed E-state index contributed by atoms with van der Waals surface area (Å²) in [6.45, 7) is 1.99. The lowest BCUT2D eigenvalue weighted by Crippen LogP contribution is -2.41. The van der Waals surface area contributed by atoms with Crippen LogP contribution < -0.4 is 5.32 Å². The fraction of sp³-hybridized carbons (Fsp3) is 0.533. The first kappa shape index (κ1) is 17.7. The topological polar surface area (TPSA) is 66.5 Å². The molecule has 1 aliphatic heterocycles. The van der Waals surface area contributed by atoms with Gasteiger partial charge >= 0.3 is 6.03 Å². The van der Waals surface area contributed by atoms with E-state index in [-0.39, 0.29) is 30.0 Å². The van der Waals surface area contributed by atoms with Crippen molar-refractivity contribution in [3.05, 3.63) is 35.4 Å². The van der Waals surface area contributed by atoms with E-state index in [0.717, 1.165) is 12.1 Å². The number of urea groups is 1. The lowest BCUT2D eigenvalue weighted by atomic mass is 10.1. The van der Waals surface area contributed by atoms with Crippen molar-refractivity contribution in [3.8, 4) is 0 Å². The van der Waals surface area contributed by atoms with Crippen LogP contribution in [0.4, 0.5) is 13.6 Å². The molecule has 0 aliphatic carbocycles. The Morgan fingerprint density at radius 1 is 1.39 bits per heavy atom. The maximum Gasteiger partial charge on any atom is 0.317 e. The number of nitrogens with one attached hydrogen (secondary N) is 1. The van der Waals surface area contributed by atoms with E-state index in [2.05, 4.69) is 5.32 Å². The minimum absolute atomic E-state index is 0.0732. The molecule has 2 amide bonds. The monoisotopic (exact) mass is 346 g/mol. The highest BCUT2D eigenvalue weighted by Gasteiger charge is 2.28. The number of hydrogen-bond donors (Lipinski definition) is 1. The molecule has 1 N–H and O–H groups in total. The highest BCUT2D eigenvalue weighted by molar-refractivity contribution is 7.91. The normalized spacial score (nSPS) is 21.0. The summed E-state index contributed by atoms with van der Waals surface area (Å²) >= 11 is 0. The number of carbonyl (C=O) groups excluding carboxylic acids is 1. The van der Waals surface area contributed by atoms with Gasteiger partial charge in [-0.2, -0.15) is 0 Å². The van der Waals surface area contributed by atoms with Gasteiger partial charge in [0, 0.05) is 13.6 Å². The first-order valence-corrected chi connectivity index (χ1v) is 9.18. The van der Waals surface area contributed by atoms with Crippen molar-refractivity contribution >= 4 is 15.9 Å². The van der Waals surface area contributed by atoms with E-state index >= 15 is 0 Å². The fourth-order valence-corrected chi connectivity index (χ4v) is 4.42. The van der Waals surface area contributed by atoms with E-state index in [4.69, 9.17) is 0 Å². The van der Waals surface area contributed by atoms with Crippen molar-refractivity contribution in [2.45, 2.75) is 19.4 Å². The van der Waals surface area contributed by atoms with Crippen LogP contribution in [-0.2, 0) is 9.84 Å². The zero-order chi connectivity index (χ0) is 17.2. The molecule has 1 aliphatic rings. The van der Waals surface area contributed by atoms with E-state index in [1.807, 2.05) is 0 Å². The second-order valence-electron chi connectivity index (χ2n) is 5.92. The summed E-state index contributed by atoms with van der Waals surface area (Å²) in [6, 6.07) is 2.68. The molecule has 1 aromatic rings. The van der Waals surface area contributed by atoms with E-state index < -0.39 is 27.5 Å². The molecule has 1 heterocycles. The molecule has 1 fully saturated rings. The van der Waals surface area contributed by atoms with Crippen molar-refractivity contribution in [2.75, 3.05) is 25.1 Å². The van der Waals surface area contributed by atoms with Crippen molar-refractivity contribution in [2.24, 2.45) is 5.92 Å². The molecule has 2 rings (SSSR count). The van der Waals surface area contributed by atoms with Crippen LogP contribution in [0.25, 0.3) is 0 Å². The van der Waals surface area contributed by atoms with Gasteiger partial charge in [-0.1, -0.05) is 6.07 Å². The molecule has 5 nitrogen and oxygen atoms in total. The van der Waals surface area contributed by atoms with Crippen LogP contribution in [0.1, 0.15) is 24.9 Å². The molecule has 128 valence electrons. The number of rotatable bonds is 4. The Bertz CT molecular complexity index is 694. The average molecular weight is 346 g/mol. The Kier molecular flexibility index (Phi) is 5.23. The van der Waals surface area contributed by atoms with Crippen molar-refractivity contribution in [3.63, 3.8) is 0 Å². The number of benzene rings is 1. The zero-order valence-corrected chi connectivity index (χ0v) is 13.9. The molecular weight excluding hydrogens is 326 g/mol. The summed E-state index contributed by atoms with van der Waals surface area (Å²) in [5.74, 6) is -1.71. The molecule has 0 bridgehead atoms. The molecule has 23 heavy (non-hydrogen) atoms. The SMILES string of the molecule is C[C@@H](c1ccc(F)c(F)c1)N(C)C(=O)NC[C@H]1CCS(=O)(=O)C1. The maximum absolute atomic E-state index is 13.3. The summed E-state index contributed by atoms with van der Waals surface area (Å²) in [5, 5.41) is 2.69. The van der Waals surface area contributed by atoms with Crippen LogP contribution >= 0.6 is 0 Å². The van der Waals surface area contributed by atoms with Crippen LogP contribution in [0.3, 0.4) is 0 Å². The van der Waals surface area contributed by atoms with Gasteiger partial charge in [-0.25, -0.2) is 22.0 Å². The first-order valence-electron chi connectivity index (χ1n) is 7.35. The molecule has 8 heteroatoms. The van der Waals surface area contributed by atoms with Gasteiger partial charge in [-0.3, -0.25) is 0 Å². The number of halogens is 2. The maximum atomic E-state index is 13.3. The minimum atomic E-state index is -2.97. The predicted octanol–water partition coefficient (Wildman–Crippen LogP) is 2.10. The molecule has 0 radical (unpaired) electrons. The Balaban J connectivity index is 1.92. The zero-order valence-electron chi connectivity index (χ0n) is 13.1. The smallest absolute Gasteiger partial charge is 0.317 e. The molecule has 0 aromatic heterocycles. The summed E-state index contributed by atoms with van der Waals surface area (Å²) < 4.78 is 49.0. The molecule has 0 unspecified atom stereocenters. The van der Waals surface area contributed by atoms with Gasteiger partial charge in [0.05, 0.1) is 17.5 Å². The number of amides is 2. The van der Waals surface area contributed by atoms with Gasteiger partial charge in [0.2, 0.25) is 0 Å². The van der Waals surface area contributed by atoms with Crippen molar-refractivity contribution < 1.29 is 22.0 Å². The quantitative estimate of drug-likeness (QED) is 0.908. The summed E-state index contributed by atoms with van der Waals surface area (Å²) in [4.78, 5) is 13.5. The predicted molar refractivity (Wildman–Crippen MR) is 82.7 cm³/mol. The lowest BCUT2D eigenvalue weighted by molar-refractivity contribution is 0.193. The summed E-state index contributed by atoms with van der Waals surface area (Å²) in [6.07, 6.45) is 0.547. The third-order valence-corrected chi connectivity index (χ3v) is 6.03. The van der Waals surface area contributed by atoms with Gasteiger partial charge in [-0.15, -0.1) is 0 Å². The molecular formula is C15H20F2N2O3S. The largest absolute Gasteiger partial charge is 0.338 e. The molecule has 0 saturated carbocycles. The Labute approximate surface area is 134 Å². The van der Waals surface area contributed by atoms with Crippen molar-refractivity contribution in [1.29, 1.82) is 0 Å². The Morgan fingerprint density at radius 2 is 2.09 bits per heavy atom. The second kappa shape index (κ2) is 6.82. The van der Waals surface area contributed by atoms with Gasteiger partial charge < -0.3 is 10.2 Å². The van der Waals surface area contributed by atoms with Crippen LogP contribution in [0.2, 0.25) is 0 Å². The lowest BCUT2D eigenvalue weighted by Gasteiger charge is -2.26. The number of carbonyl (C=O) groups is 1. The highest BCUT2D eigenvalue weighted by Crippen LogP contribution is 2.21. The summed E-state index contributed by atoms with van der Waals surface area (Å²) in [5.41, 5.74) is 0.477. The molecule has 0 spiro atoms. The fourth-order valence-electron chi connectivity index (χ4n) is 2.56. The van der Waals surface area contributed by atoms with Gasteiger partial charge in [0.1, 0.15) is 0 Å². The number of sulfone groups is 1. The van der Waals surface area contributed by atoms with Crippen LogP contribution in [0.5, 0.6) is 0 Å². The van der Waals surface area contributed by atoms with Crippen LogP contribution in [-0.4, -0.2) is 44.4 Å². The molecule has 1 aromatic carbocycles. The highest BCUT2D eigenvalue weighted by atomic mass is 32.2. The van der Waals surface area contributed by atoms with Gasteiger partial charge in [0.15, 0.2) is 21.5 Å². The van der Waals surface area contributed by atoms with E-state index in [1.54, 1.807) is 14.0 Å². The van der Waals surface area contributed by atoms with E-state index in [9.17, 15) is 22.0 Å². The van der Waals surface area contributed by atoms with Crippen molar-refractivity contribution in [1.82, 2.24) is 10.2 Å². The van der Waals surface area contributed by atoms with Gasteiger partial charge in [0.25, 0.3) is 0 Å². The third kappa shape index (κ3) is 4.40. The second-order valence-corrected chi connectivity index (χ2v) is 8.14. The number of nitrogens with zero attached hydrogens (tertiary/aromatic N) is 1. The van der Waals surface area contributed by atoms with E-state index in [0.29, 0.717) is 12.0 Å².